The number of hydrogen-bond acceptors (Lipinski definition) is 12. The largest absolute Gasteiger partial charge is 0.399 e. The second-order valence-electron chi connectivity index (χ2n) is 8.21. The van der Waals surface area contributed by atoms with E-state index in [1.54, 1.807) is 12.1 Å². The van der Waals surface area contributed by atoms with Crippen LogP contribution in [-0.2, 0) is 26.8 Å². The summed E-state index contributed by atoms with van der Waals surface area (Å²) in [5.41, 5.74) is 8.00. The maximum atomic E-state index is 11.9. The molecular weight excluding hydrogens is 522 g/mol. The molecule has 2 heterocycles. The minimum absolute atomic E-state index is 0.137. The van der Waals surface area contributed by atoms with Crippen LogP contribution in [0.3, 0.4) is 0 Å². The standard InChI is InChI=1S/C22H25N7O6S2/c1-14(16-7-5-4-6-8-16)25-20-18-19(24-13-15-9-11-17(23)12-10-15)28-29(35-37(3,32)33)21(18)27-22(26-20)34-36(2,30)31/h4-12,14H,13,23H2,1-3H3,(H,24,28)(H,25,26,27)/t14-/m1/s1. The topological polar surface area (TPSA) is 180 Å². The summed E-state index contributed by atoms with van der Waals surface area (Å²) in [6, 6.07) is 15.7. The highest BCUT2D eigenvalue weighted by Crippen LogP contribution is 2.32. The van der Waals surface area contributed by atoms with Crippen molar-refractivity contribution in [2.45, 2.75) is 19.5 Å². The number of hydrogen-bond donors (Lipinski definition) is 3. The first kappa shape index (κ1) is 26.0. The average molecular weight is 548 g/mol. The summed E-state index contributed by atoms with van der Waals surface area (Å²) in [6.07, 6.45) is 1.68. The minimum atomic E-state index is -4.04. The van der Waals surface area contributed by atoms with Crippen LogP contribution in [-0.4, -0.2) is 49.3 Å². The number of anilines is 3. The average Bonchev–Trinajstić information content (AvgIpc) is 3.14. The molecule has 0 radical (unpaired) electrons. The van der Waals surface area contributed by atoms with Gasteiger partial charge in [-0.15, -0.1) is 5.10 Å². The third-order valence-corrected chi connectivity index (χ3v) is 5.87. The Morgan fingerprint density at radius 2 is 1.62 bits per heavy atom. The summed E-state index contributed by atoms with van der Waals surface area (Å²) >= 11 is 0. The molecule has 0 unspecified atom stereocenters. The fourth-order valence-corrected chi connectivity index (χ4v) is 4.11. The molecular formula is C22H25N7O6S2. The van der Waals surface area contributed by atoms with Gasteiger partial charge in [-0.2, -0.15) is 26.8 Å². The van der Waals surface area contributed by atoms with E-state index in [0.717, 1.165) is 23.6 Å². The zero-order chi connectivity index (χ0) is 26.8. The zero-order valence-electron chi connectivity index (χ0n) is 20.1. The Balaban J connectivity index is 1.85. The van der Waals surface area contributed by atoms with E-state index < -0.39 is 26.2 Å². The van der Waals surface area contributed by atoms with E-state index in [2.05, 4.69) is 25.7 Å². The van der Waals surface area contributed by atoms with Gasteiger partial charge in [0.05, 0.1) is 12.5 Å². The predicted octanol–water partition coefficient (Wildman–Crippen LogP) is 1.92. The van der Waals surface area contributed by atoms with E-state index in [9.17, 15) is 16.8 Å². The first-order valence-electron chi connectivity index (χ1n) is 10.9. The molecule has 15 heteroatoms. The molecule has 1 atom stereocenters. The van der Waals surface area contributed by atoms with Crippen molar-refractivity contribution in [2.75, 3.05) is 28.9 Å². The normalized spacial score (nSPS) is 12.7. The van der Waals surface area contributed by atoms with Gasteiger partial charge in [0.15, 0.2) is 5.82 Å². The van der Waals surface area contributed by atoms with Crippen molar-refractivity contribution in [2.24, 2.45) is 0 Å². The number of nitrogens with one attached hydrogen (secondary N) is 2. The maximum absolute atomic E-state index is 11.9. The Morgan fingerprint density at radius 3 is 2.24 bits per heavy atom. The highest BCUT2D eigenvalue weighted by Gasteiger charge is 2.24. The molecule has 13 nitrogen and oxygen atoms in total. The van der Waals surface area contributed by atoms with Gasteiger partial charge in [0.2, 0.25) is 5.65 Å². The van der Waals surface area contributed by atoms with Crippen LogP contribution >= 0.6 is 0 Å². The summed E-state index contributed by atoms with van der Waals surface area (Å²) in [7, 11) is -8.04. The number of fused-ring (bicyclic) bond motifs is 1. The van der Waals surface area contributed by atoms with E-state index in [1.165, 1.54) is 0 Å². The quantitative estimate of drug-likeness (QED) is 0.194. The fourth-order valence-electron chi connectivity index (χ4n) is 3.41. The lowest BCUT2D eigenvalue weighted by molar-refractivity contribution is 0.253. The lowest BCUT2D eigenvalue weighted by Gasteiger charge is -2.16. The molecule has 0 saturated heterocycles. The van der Waals surface area contributed by atoms with Crippen LogP contribution in [0, 0.1) is 0 Å². The van der Waals surface area contributed by atoms with Crippen LogP contribution in [0.5, 0.6) is 6.01 Å². The van der Waals surface area contributed by atoms with Gasteiger partial charge >= 0.3 is 26.2 Å². The molecule has 2 aromatic heterocycles. The van der Waals surface area contributed by atoms with Crippen molar-refractivity contribution < 1.29 is 25.3 Å². The Bertz CT molecular complexity index is 1620. The van der Waals surface area contributed by atoms with Crippen molar-refractivity contribution in [3.05, 3.63) is 65.7 Å². The summed E-state index contributed by atoms with van der Waals surface area (Å²) in [5, 5.41) is 10.8. The lowest BCUT2D eigenvalue weighted by atomic mass is 10.1. The van der Waals surface area contributed by atoms with E-state index in [1.807, 2.05) is 49.4 Å². The second kappa shape index (κ2) is 10.1. The van der Waals surface area contributed by atoms with E-state index in [-0.39, 0.29) is 28.7 Å². The first-order valence-corrected chi connectivity index (χ1v) is 14.5. The number of nitrogens with two attached hydrogens (primary N) is 1. The Morgan fingerprint density at radius 1 is 0.946 bits per heavy atom. The van der Waals surface area contributed by atoms with Crippen molar-refractivity contribution in [3.8, 4) is 6.01 Å². The van der Waals surface area contributed by atoms with Crippen molar-refractivity contribution >= 4 is 48.6 Å². The first-order chi connectivity index (χ1) is 17.4. The van der Waals surface area contributed by atoms with Gasteiger partial charge in [0, 0.05) is 18.3 Å². The zero-order valence-corrected chi connectivity index (χ0v) is 21.7. The molecule has 0 aliphatic carbocycles. The second-order valence-corrected chi connectivity index (χ2v) is 11.3. The van der Waals surface area contributed by atoms with Gasteiger partial charge in [-0.05, 0) is 30.2 Å². The molecule has 0 aliphatic rings. The molecule has 2 aromatic carbocycles. The van der Waals surface area contributed by atoms with E-state index >= 15 is 0 Å². The summed E-state index contributed by atoms with van der Waals surface area (Å²) < 4.78 is 57.3. The maximum Gasteiger partial charge on any atom is 0.337 e. The van der Waals surface area contributed by atoms with Crippen LogP contribution in [0.1, 0.15) is 24.1 Å². The van der Waals surface area contributed by atoms with Gasteiger partial charge in [0.25, 0.3) is 0 Å². The molecule has 196 valence electrons. The van der Waals surface area contributed by atoms with Crippen LogP contribution in [0.15, 0.2) is 54.6 Å². The Hall–Kier alpha value is -4.11. The number of nitrogen functional groups attached to an aromatic ring is 1. The van der Waals surface area contributed by atoms with Crippen molar-refractivity contribution in [1.82, 2.24) is 19.9 Å². The molecule has 0 bridgehead atoms. The summed E-state index contributed by atoms with van der Waals surface area (Å²) in [5.74, 6) is 0.326. The summed E-state index contributed by atoms with van der Waals surface area (Å²) in [6.45, 7) is 2.17. The SMILES string of the molecule is C[C@@H](Nc1nc(OS(C)(=O)=O)nc2c1c(NCc1ccc(N)cc1)nn2OS(C)(=O)=O)c1ccccc1. The van der Waals surface area contributed by atoms with Gasteiger partial charge in [-0.1, -0.05) is 47.3 Å². The van der Waals surface area contributed by atoms with Gasteiger partial charge in [-0.3, -0.25) is 4.28 Å². The van der Waals surface area contributed by atoms with E-state index in [4.69, 9.17) is 14.2 Å². The highest BCUT2D eigenvalue weighted by molar-refractivity contribution is 7.86. The number of aromatic nitrogens is 4. The number of benzene rings is 2. The monoisotopic (exact) mass is 547 g/mol. The van der Waals surface area contributed by atoms with Crippen molar-refractivity contribution in [1.29, 1.82) is 0 Å². The third-order valence-electron chi connectivity index (χ3n) is 5.00. The number of rotatable bonds is 10. The fraction of sp³-hybridized carbons (Fsp3) is 0.227. The molecule has 0 spiro atoms. The molecule has 0 saturated carbocycles. The van der Waals surface area contributed by atoms with Gasteiger partial charge in [0.1, 0.15) is 11.2 Å². The van der Waals surface area contributed by atoms with Crippen LogP contribution in [0.4, 0.5) is 17.3 Å². The van der Waals surface area contributed by atoms with Crippen LogP contribution in [0.2, 0.25) is 0 Å². The number of nitrogens with zero attached hydrogens (tertiary/aromatic N) is 4. The molecule has 4 rings (SSSR count). The Labute approximate surface area is 213 Å². The lowest BCUT2D eigenvalue weighted by Crippen LogP contribution is -2.20. The van der Waals surface area contributed by atoms with Crippen LogP contribution < -0.4 is 24.8 Å². The molecule has 4 N–H and O–H groups in total. The highest BCUT2D eigenvalue weighted by atomic mass is 32.2. The summed E-state index contributed by atoms with van der Waals surface area (Å²) in [4.78, 5) is 9.00. The molecule has 4 aromatic rings. The minimum Gasteiger partial charge on any atom is -0.399 e. The van der Waals surface area contributed by atoms with Gasteiger partial charge < -0.3 is 20.6 Å². The third kappa shape index (κ3) is 6.77. The molecule has 0 aliphatic heterocycles. The van der Waals surface area contributed by atoms with Crippen LogP contribution in [0.25, 0.3) is 11.0 Å². The molecule has 37 heavy (non-hydrogen) atoms. The van der Waals surface area contributed by atoms with Crippen molar-refractivity contribution in [3.63, 3.8) is 0 Å². The van der Waals surface area contributed by atoms with E-state index in [0.29, 0.717) is 17.1 Å². The predicted molar refractivity (Wildman–Crippen MR) is 139 cm³/mol. The smallest absolute Gasteiger partial charge is 0.337 e. The molecule has 0 amide bonds. The Kier molecular flexibility index (Phi) is 7.09. The van der Waals surface area contributed by atoms with Gasteiger partial charge in [-0.25, -0.2) is 0 Å². The molecule has 0 fully saturated rings.